The minimum atomic E-state index is 0.858. The molecule has 0 spiro atoms. The third-order valence-electron chi connectivity index (χ3n) is 3.19. The van der Waals surface area contributed by atoms with E-state index in [1.807, 2.05) is 30.5 Å². The van der Waals surface area contributed by atoms with Crippen LogP contribution in [-0.2, 0) is 0 Å². The summed E-state index contributed by atoms with van der Waals surface area (Å²) >= 11 is 0. The minimum absolute atomic E-state index is 0.858. The standard InChI is InChI=1S/C16H9N4/c1-2-15-16(19-5-1)13(3-7-18-15)11-8-12-9-17-6-4-14(12)20-10-11/h1-7,9-10H. The van der Waals surface area contributed by atoms with Crippen molar-refractivity contribution in [2.24, 2.45) is 0 Å². The summed E-state index contributed by atoms with van der Waals surface area (Å²) in [5.74, 6) is 0. The van der Waals surface area contributed by atoms with Crippen molar-refractivity contribution in [2.75, 3.05) is 0 Å². The molecule has 4 heterocycles. The lowest BCUT2D eigenvalue weighted by Crippen LogP contribution is -1.89. The summed E-state index contributed by atoms with van der Waals surface area (Å²) in [6, 6.07) is 11.0. The van der Waals surface area contributed by atoms with Gasteiger partial charge in [-0.05, 0) is 24.3 Å². The molecule has 0 unspecified atom stereocenters. The highest BCUT2D eigenvalue weighted by Crippen LogP contribution is 2.26. The molecule has 0 saturated heterocycles. The van der Waals surface area contributed by atoms with Crippen LogP contribution in [0.2, 0.25) is 0 Å². The van der Waals surface area contributed by atoms with E-state index in [-0.39, 0.29) is 0 Å². The molecule has 4 aromatic heterocycles. The third kappa shape index (κ3) is 1.70. The minimum Gasteiger partial charge on any atom is -0.264 e. The highest BCUT2D eigenvalue weighted by atomic mass is 14.7. The SMILES string of the molecule is [c]1c(-c2ccnc3cccnc23)cnc2ccncc12. The second-order valence-electron chi connectivity index (χ2n) is 4.42. The van der Waals surface area contributed by atoms with Crippen molar-refractivity contribution in [2.45, 2.75) is 0 Å². The molecule has 0 N–H and O–H groups in total. The van der Waals surface area contributed by atoms with Gasteiger partial charge in [0.25, 0.3) is 0 Å². The van der Waals surface area contributed by atoms with Crippen LogP contribution in [0.4, 0.5) is 0 Å². The van der Waals surface area contributed by atoms with Crippen LogP contribution in [0.5, 0.6) is 0 Å². The summed E-state index contributed by atoms with van der Waals surface area (Å²) in [5, 5.41) is 0.894. The van der Waals surface area contributed by atoms with Gasteiger partial charge in [-0.15, -0.1) is 0 Å². The molecule has 4 aromatic rings. The van der Waals surface area contributed by atoms with E-state index in [2.05, 4.69) is 26.0 Å². The van der Waals surface area contributed by atoms with Crippen molar-refractivity contribution in [1.29, 1.82) is 0 Å². The maximum absolute atomic E-state index is 4.44. The second kappa shape index (κ2) is 4.35. The maximum Gasteiger partial charge on any atom is 0.0965 e. The number of nitrogens with zero attached hydrogens (tertiary/aromatic N) is 4. The van der Waals surface area contributed by atoms with Gasteiger partial charge in [0.05, 0.1) is 16.6 Å². The van der Waals surface area contributed by atoms with E-state index >= 15 is 0 Å². The van der Waals surface area contributed by atoms with Crippen molar-refractivity contribution in [3.05, 3.63) is 61.3 Å². The van der Waals surface area contributed by atoms with Gasteiger partial charge in [-0.1, -0.05) is 0 Å². The van der Waals surface area contributed by atoms with E-state index in [0.717, 1.165) is 33.1 Å². The summed E-state index contributed by atoms with van der Waals surface area (Å²) in [6.45, 7) is 0. The van der Waals surface area contributed by atoms with Crippen LogP contribution in [0.3, 0.4) is 0 Å². The number of hydrogen-bond acceptors (Lipinski definition) is 4. The van der Waals surface area contributed by atoms with E-state index in [1.54, 1.807) is 24.8 Å². The molecule has 0 saturated carbocycles. The summed E-state index contributed by atoms with van der Waals surface area (Å²) in [5.41, 5.74) is 4.49. The quantitative estimate of drug-likeness (QED) is 0.526. The van der Waals surface area contributed by atoms with Crippen molar-refractivity contribution < 1.29 is 0 Å². The number of fused-ring (bicyclic) bond motifs is 2. The van der Waals surface area contributed by atoms with Crippen molar-refractivity contribution in [1.82, 2.24) is 19.9 Å². The molecule has 0 bridgehead atoms. The topological polar surface area (TPSA) is 51.6 Å². The van der Waals surface area contributed by atoms with Gasteiger partial charge in [0.2, 0.25) is 0 Å². The number of rotatable bonds is 1. The fraction of sp³-hybridized carbons (Fsp3) is 0. The van der Waals surface area contributed by atoms with Gasteiger partial charge in [-0.25, -0.2) is 0 Å². The van der Waals surface area contributed by atoms with Gasteiger partial charge >= 0.3 is 0 Å². The first kappa shape index (κ1) is 11.0. The van der Waals surface area contributed by atoms with E-state index in [4.69, 9.17) is 0 Å². The van der Waals surface area contributed by atoms with Crippen molar-refractivity contribution in [3.63, 3.8) is 0 Å². The van der Waals surface area contributed by atoms with E-state index < -0.39 is 0 Å². The Balaban J connectivity index is 2.01. The average molecular weight is 257 g/mol. The van der Waals surface area contributed by atoms with E-state index in [9.17, 15) is 0 Å². The summed E-state index contributed by atoms with van der Waals surface area (Å²) in [4.78, 5) is 17.3. The van der Waals surface area contributed by atoms with Gasteiger partial charge in [-0.3, -0.25) is 19.9 Å². The first-order valence-electron chi connectivity index (χ1n) is 6.24. The average Bonchev–Trinajstić information content (AvgIpc) is 2.54. The molecule has 0 atom stereocenters. The molecule has 93 valence electrons. The largest absolute Gasteiger partial charge is 0.264 e. The lowest BCUT2D eigenvalue weighted by molar-refractivity contribution is 1.31. The lowest BCUT2D eigenvalue weighted by Gasteiger charge is -2.05. The Hall–Kier alpha value is -2.88. The molecule has 0 aromatic carbocycles. The third-order valence-corrected chi connectivity index (χ3v) is 3.19. The second-order valence-corrected chi connectivity index (χ2v) is 4.42. The van der Waals surface area contributed by atoms with Crippen LogP contribution in [-0.4, -0.2) is 19.9 Å². The van der Waals surface area contributed by atoms with Crippen LogP contribution in [0.25, 0.3) is 33.1 Å². The summed E-state index contributed by atoms with van der Waals surface area (Å²) in [6.07, 6.45) is 8.85. The molecule has 0 amide bonds. The molecule has 0 aliphatic heterocycles. The van der Waals surface area contributed by atoms with E-state index in [1.165, 1.54) is 0 Å². The molecule has 0 aliphatic carbocycles. The Bertz CT molecular complexity index is 913. The Kier molecular flexibility index (Phi) is 2.39. The summed E-state index contributed by atoms with van der Waals surface area (Å²) in [7, 11) is 0. The highest BCUT2D eigenvalue weighted by Gasteiger charge is 2.07. The van der Waals surface area contributed by atoms with Crippen LogP contribution in [0, 0.1) is 6.07 Å². The van der Waals surface area contributed by atoms with Crippen molar-refractivity contribution >= 4 is 21.9 Å². The first-order valence-corrected chi connectivity index (χ1v) is 6.24. The van der Waals surface area contributed by atoms with Gasteiger partial charge in [0.15, 0.2) is 0 Å². The zero-order chi connectivity index (χ0) is 13.4. The normalized spacial score (nSPS) is 11.0. The van der Waals surface area contributed by atoms with Gasteiger partial charge < -0.3 is 0 Å². The zero-order valence-corrected chi connectivity index (χ0v) is 10.5. The number of aromatic nitrogens is 4. The molecule has 4 rings (SSSR count). The predicted molar refractivity (Wildman–Crippen MR) is 76.9 cm³/mol. The van der Waals surface area contributed by atoms with Crippen LogP contribution >= 0.6 is 0 Å². The Morgan fingerprint density at radius 3 is 2.80 bits per heavy atom. The van der Waals surface area contributed by atoms with Crippen LogP contribution < -0.4 is 0 Å². The van der Waals surface area contributed by atoms with Gasteiger partial charge in [-0.2, -0.15) is 0 Å². The fourth-order valence-electron chi connectivity index (χ4n) is 2.24. The fourth-order valence-corrected chi connectivity index (χ4v) is 2.24. The highest BCUT2D eigenvalue weighted by molar-refractivity contribution is 5.92. The first-order chi connectivity index (χ1) is 9.92. The lowest BCUT2D eigenvalue weighted by atomic mass is 10.1. The molecular weight excluding hydrogens is 248 g/mol. The zero-order valence-electron chi connectivity index (χ0n) is 10.5. The monoisotopic (exact) mass is 257 g/mol. The maximum atomic E-state index is 4.44. The number of pyridine rings is 4. The van der Waals surface area contributed by atoms with Gasteiger partial charge in [0, 0.05) is 53.6 Å². The number of hydrogen-bond donors (Lipinski definition) is 0. The Morgan fingerprint density at radius 1 is 0.800 bits per heavy atom. The Labute approximate surface area is 115 Å². The van der Waals surface area contributed by atoms with Crippen LogP contribution in [0.15, 0.2) is 55.2 Å². The molecule has 1 radical (unpaired) electrons. The van der Waals surface area contributed by atoms with Crippen molar-refractivity contribution in [3.8, 4) is 11.1 Å². The molecule has 4 heteroatoms. The molecule has 20 heavy (non-hydrogen) atoms. The smallest absolute Gasteiger partial charge is 0.0965 e. The summed E-state index contributed by atoms with van der Waals surface area (Å²) < 4.78 is 0. The Morgan fingerprint density at radius 2 is 1.80 bits per heavy atom. The molecular formula is C16H9N4. The predicted octanol–water partition coefficient (Wildman–Crippen LogP) is 3.04. The molecule has 4 nitrogen and oxygen atoms in total. The molecule has 0 aliphatic rings. The molecule has 0 fully saturated rings. The van der Waals surface area contributed by atoms with E-state index in [0.29, 0.717) is 0 Å². The van der Waals surface area contributed by atoms with Gasteiger partial charge in [0.1, 0.15) is 0 Å². The van der Waals surface area contributed by atoms with Crippen LogP contribution in [0.1, 0.15) is 0 Å².